The van der Waals surface area contributed by atoms with Gasteiger partial charge in [0.05, 0.1) is 10.6 Å². The molecule has 1 aromatic rings. The minimum atomic E-state index is -0.277. The highest BCUT2D eigenvalue weighted by Crippen LogP contribution is 2.21. The number of nitrogens with one attached hydrogen (secondary N) is 2. The van der Waals surface area contributed by atoms with Crippen LogP contribution in [0, 0.1) is 5.92 Å². The first-order chi connectivity index (χ1) is 9.49. The van der Waals surface area contributed by atoms with E-state index in [0.717, 1.165) is 6.42 Å². The Labute approximate surface area is 136 Å². The minimum Gasteiger partial charge on any atom is -0.352 e. The van der Waals surface area contributed by atoms with Crippen LogP contribution in [0.4, 0.5) is 5.69 Å². The molecule has 0 aliphatic heterocycles. The standard InChI is InChI=1S/C14H20ClN3O2.ClH/c1-3-6-17-14(20)11-5-4-10(7-12(11)15)18-13(19)9(2)8-16;/h4-5,7,9H,3,6,8,16H2,1-2H3,(H,17,20)(H,18,19);1H. The number of nitrogens with two attached hydrogens (primary N) is 1. The van der Waals surface area contributed by atoms with Crippen LogP contribution in [0.2, 0.25) is 5.02 Å². The van der Waals surface area contributed by atoms with E-state index in [1.807, 2.05) is 6.92 Å². The number of rotatable bonds is 6. The van der Waals surface area contributed by atoms with E-state index in [0.29, 0.717) is 22.8 Å². The second-order valence-electron chi connectivity index (χ2n) is 4.58. The normalized spacial score (nSPS) is 11.2. The average Bonchev–Trinajstić information content (AvgIpc) is 2.43. The molecule has 1 rings (SSSR count). The number of carbonyl (C=O) groups excluding carboxylic acids is 2. The van der Waals surface area contributed by atoms with Crippen molar-refractivity contribution in [1.82, 2.24) is 5.32 Å². The molecule has 1 atom stereocenters. The van der Waals surface area contributed by atoms with E-state index in [-0.39, 0.29) is 36.7 Å². The molecule has 0 fully saturated rings. The van der Waals surface area contributed by atoms with Gasteiger partial charge in [-0.1, -0.05) is 25.4 Å². The van der Waals surface area contributed by atoms with Crippen LogP contribution in [-0.2, 0) is 4.79 Å². The van der Waals surface area contributed by atoms with Crippen LogP contribution in [0.1, 0.15) is 30.6 Å². The van der Waals surface area contributed by atoms with Gasteiger partial charge in [0.25, 0.3) is 5.91 Å². The van der Waals surface area contributed by atoms with E-state index in [2.05, 4.69) is 10.6 Å². The summed E-state index contributed by atoms with van der Waals surface area (Å²) >= 11 is 6.06. The zero-order valence-corrected chi connectivity index (χ0v) is 13.7. The zero-order chi connectivity index (χ0) is 15.1. The number of amides is 2. The molecule has 0 radical (unpaired) electrons. The van der Waals surface area contributed by atoms with E-state index in [1.165, 1.54) is 0 Å². The minimum absolute atomic E-state index is 0. The second-order valence-corrected chi connectivity index (χ2v) is 4.98. The Balaban J connectivity index is 0.00000400. The van der Waals surface area contributed by atoms with Crippen molar-refractivity contribution < 1.29 is 9.59 Å². The van der Waals surface area contributed by atoms with Crippen molar-refractivity contribution in [3.8, 4) is 0 Å². The molecule has 0 spiro atoms. The molecule has 0 bridgehead atoms. The Morgan fingerprint density at radius 2 is 2.05 bits per heavy atom. The fraction of sp³-hybridized carbons (Fsp3) is 0.429. The summed E-state index contributed by atoms with van der Waals surface area (Å²) in [6.07, 6.45) is 0.856. The molecule has 118 valence electrons. The van der Waals surface area contributed by atoms with Gasteiger partial charge in [-0.3, -0.25) is 9.59 Å². The fourth-order valence-corrected chi connectivity index (χ4v) is 1.75. The van der Waals surface area contributed by atoms with Gasteiger partial charge in [-0.25, -0.2) is 0 Å². The smallest absolute Gasteiger partial charge is 0.252 e. The highest BCUT2D eigenvalue weighted by atomic mass is 35.5. The predicted molar refractivity (Wildman–Crippen MR) is 88.2 cm³/mol. The summed E-state index contributed by atoms with van der Waals surface area (Å²) in [4.78, 5) is 23.5. The Hall–Kier alpha value is -1.30. The van der Waals surface area contributed by atoms with Crippen LogP contribution in [0.15, 0.2) is 18.2 Å². The quantitative estimate of drug-likeness (QED) is 0.747. The second kappa shape index (κ2) is 9.60. The number of benzene rings is 1. The average molecular weight is 334 g/mol. The molecule has 21 heavy (non-hydrogen) atoms. The van der Waals surface area contributed by atoms with Crippen LogP contribution in [0.5, 0.6) is 0 Å². The van der Waals surface area contributed by atoms with Gasteiger partial charge < -0.3 is 16.4 Å². The van der Waals surface area contributed by atoms with Crippen molar-refractivity contribution in [1.29, 1.82) is 0 Å². The van der Waals surface area contributed by atoms with Crippen LogP contribution in [0.25, 0.3) is 0 Å². The van der Waals surface area contributed by atoms with Gasteiger partial charge in [0, 0.05) is 24.7 Å². The topological polar surface area (TPSA) is 84.2 Å². The molecule has 0 heterocycles. The molecule has 0 saturated carbocycles. The largest absolute Gasteiger partial charge is 0.352 e. The van der Waals surface area contributed by atoms with Gasteiger partial charge in [-0.05, 0) is 24.6 Å². The maximum absolute atomic E-state index is 11.8. The van der Waals surface area contributed by atoms with Crippen molar-refractivity contribution >= 4 is 41.5 Å². The molecule has 0 saturated heterocycles. The monoisotopic (exact) mass is 333 g/mol. The third-order valence-electron chi connectivity index (χ3n) is 2.82. The van der Waals surface area contributed by atoms with Gasteiger partial charge in [0.1, 0.15) is 0 Å². The molecule has 4 N–H and O–H groups in total. The summed E-state index contributed by atoms with van der Waals surface area (Å²) in [5.41, 5.74) is 6.37. The first kappa shape index (κ1) is 19.7. The van der Waals surface area contributed by atoms with Crippen LogP contribution in [-0.4, -0.2) is 24.9 Å². The van der Waals surface area contributed by atoms with Crippen molar-refractivity contribution in [3.05, 3.63) is 28.8 Å². The molecule has 1 unspecified atom stereocenters. The zero-order valence-electron chi connectivity index (χ0n) is 12.1. The summed E-state index contributed by atoms with van der Waals surface area (Å²) in [7, 11) is 0. The van der Waals surface area contributed by atoms with Gasteiger partial charge in [0.2, 0.25) is 5.91 Å². The summed E-state index contributed by atoms with van der Waals surface area (Å²) < 4.78 is 0. The third kappa shape index (κ3) is 5.91. The third-order valence-corrected chi connectivity index (χ3v) is 3.13. The maximum atomic E-state index is 11.8. The van der Waals surface area contributed by atoms with E-state index < -0.39 is 0 Å². The first-order valence-corrected chi connectivity index (χ1v) is 6.96. The Morgan fingerprint density at radius 1 is 1.38 bits per heavy atom. The highest BCUT2D eigenvalue weighted by molar-refractivity contribution is 6.34. The maximum Gasteiger partial charge on any atom is 0.252 e. The highest BCUT2D eigenvalue weighted by Gasteiger charge is 2.13. The lowest BCUT2D eigenvalue weighted by molar-refractivity contribution is -0.119. The first-order valence-electron chi connectivity index (χ1n) is 6.58. The Morgan fingerprint density at radius 3 is 2.57 bits per heavy atom. The summed E-state index contributed by atoms with van der Waals surface area (Å²) in [5, 5.41) is 5.76. The lowest BCUT2D eigenvalue weighted by Gasteiger charge is -2.11. The van der Waals surface area contributed by atoms with E-state index in [9.17, 15) is 9.59 Å². The summed E-state index contributed by atoms with van der Waals surface area (Å²) in [5.74, 6) is -0.668. The van der Waals surface area contributed by atoms with Crippen LogP contribution < -0.4 is 16.4 Å². The molecule has 0 aromatic heterocycles. The summed E-state index contributed by atoms with van der Waals surface area (Å²) in [6, 6.07) is 4.80. The Kier molecular flexibility index (Phi) is 9.01. The molecule has 0 aliphatic carbocycles. The van der Waals surface area contributed by atoms with Crippen LogP contribution >= 0.6 is 24.0 Å². The van der Waals surface area contributed by atoms with Crippen molar-refractivity contribution in [3.63, 3.8) is 0 Å². The molecule has 7 heteroatoms. The molecular weight excluding hydrogens is 313 g/mol. The lowest BCUT2D eigenvalue weighted by Crippen LogP contribution is -2.27. The molecule has 1 aromatic carbocycles. The van der Waals surface area contributed by atoms with Crippen molar-refractivity contribution in [2.45, 2.75) is 20.3 Å². The van der Waals surface area contributed by atoms with E-state index in [1.54, 1.807) is 25.1 Å². The molecule has 5 nitrogen and oxygen atoms in total. The SMILES string of the molecule is CCCNC(=O)c1ccc(NC(=O)C(C)CN)cc1Cl.Cl. The van der Waals surface area contributed by atoms with Crippen molar-refractivity contribution in [2.75, 3.05) is 18.4 Å². The molecular formula is C14H21Cl2N3O2. The number of hydrogen-bond acceptors (Lipinski definition) is 3. The molecule has 2 amide bonds. The number of halogens is 2. The van der Waals surface area contributed by atoms with Gasteiger partial charge >= 0.3 is 0 Å². The van der Waals surface area contributed by atoms with E-state index >= 15 is 0 Å². The number of anilines is 1. The van der Waals surface area contributed by atoms with Gasteiger partial charge in [-0.2, -0.15) is 0 Å². The van der Waals surface area contributed by atoms with Crippen LogP contribution in [0.3, 0.4) is 0 Å². The summed E-state index contributed by atoms with van der Waals surface area (Å²) in [6.45, 7) is 4.58. The van der Waals surface area contributed by atoms with Gasteiger partial charge in [-0.15, -0.1) is 12.4 Å². The lowest BCUT2D eigenvalue weighted by atomic mass is 10.1. The van der Waals surface area contributed by atoms with Crippen molar-refractivity contribution in [2.24, 2.45) is 11.7 Å². The van der Waals surface area contributed by atoms with E-state index in [4.69, 9.17) is 17.3 Å². The van der Waals surface area contributed by atoms with Gasteiger partial charge in [0.15, 0.2) is 0 Å². The number of hydrogen-bond donors (Lipinski definition) is 3. The number of carbonyl (C=O) groups is 2. The predicted octanol–water partition coefficient (Wildman–Crippen LogP) is 2.43. The fourth-order valence-electron chi connectivity index (χ4n) is 1.48. The Bertz CT molecular complexity index is 495. The molecule has 0 aliphatic rings.